The van der Waals surface area contributed by atoms with Crippen LogP contribution in [-0.2, 0) is 29.0 Å². The van der Waals surface area contributed by atoms with Gasteiger partial charge in [-0.05, 0) is 86.4 Å². The zero-order valence-electron chi connectivity index (χ0n) is 32.5. The van der Waals surface area contributed by atoms with E-state index in [2.05, 4.69) is 201 Å². The van der Waals surface area contributed by atoms with E-state index in [0.717, 1.165) is 23.6 Å². The number of hydrogen-bond acceptors (Lipinski definition) is 4. The van der Waals surface area contributed by atoms with Crippen LogP contribution in [0.25, 0.3) is 0 Å². The second-order valence-corrected chi connectivity index (χ2v) is 20.3. The van der Waals surface area contributed by atoms with E-state index in [1.807, 2.05) is 0 Å². The summed E-state index contributed by atoms with van der Waals surface area (Å²) in [5, 5.41) is 5.38. The fourth-order valence-electron chi connectivity index (χ4n) is 6.67. The summed E-state index contributed by atoms with van der Waals surface area (Å²) in [6.45, 7) is 14.7. The molecule has 7 heteroatoms. The van der Waals surface area contributed by atoms with Gasteiger partial charge in [-0.2, -0.15) is 0 Å². The first-order chi connectivity index (χ1) is 26.1. The minimum Gasteiger partial charge on any atom is -0.478 e. The molecule has 2 saturated carbocycles. The quantitative estimate of drug-likeness (QED) is 0.131. The van der Waals surface area contributed by atoms with Crippen molar-refractivity contribution >= 4 is 48.9 Å². The summed E-state index contributed by atoms with van der Waals surface area (Å²) in [5.41, 5.74) is 2.85. The van der Waals surface area contributed by atoms with Crippen LogP contribution in [0.15, 0.2) is 131 Å². The molecule has 2 aliphatic heterocycles. The second kappa shape index (κ2) is 18.7. The zero-order valence-corrected chi connectivity index (χ0v) is 36.1. The minimum atomic E-state index is -0.649. The molecule has 0 bridgehead atoms. The van der Waals surface area contributed by atoms with Crippen LogP contribution < -0.4 is 21.2 Å². The van der Waals surface area contributed by atoms with Crippen LogP contribution in [0, 0.1) is 72.5 Å². The van der Waals surface area contributed by atoms with Crippen molar-refractivity contribution < 1.29 is 29.0 Å². The van der Waals surface area contributed by atoms with Crippen molar-refractivity contribution in [3.8, 4) is 0 Å². The average Bonchev–Trinajstić information content (AvgIpc) is 4.01. The van der Waals surface area contributed by atoms with Crippen molar-refractivity contribution in [2.24, 2.45) is 20.8 Å². The van der Waals surface area contributed by atoms with Gasteiger partial charge in [0, 0.05) is 11.3 Å². The van der Waals surface area contributed by atoms with E-state index >= 15 is 0 Å². The normalized spacial score (nSPS) is 21.1. The molecule has 8 rings (SSSR count). The fraction of sp³-hybridized carbons (Fsp3) is 0.250. The van der Waals surface area contributed by atoms with Gasteiger partial charge in [0.15, 0.2) is 11.8 Å². The second-order valence-electron chi connectivity index (χ2n) is 15.9. The molecule has 0 spiro atoms. The van der Waals surface area contributed by atoms with Crippen molar-refractivity contribution in [1.82, 2.24) is 0 Å². The summed E-state index contributed by atoms with van der Waals surface area (Å²) >= 11 is 0. The Balaban J connectivity index is 0.000000184. The third-order valence-electron chi connectivity index (χ3n) is 9.89. The van der Waals surface area contributed by atoms with Crippen molar-refractivity contribution in [1.29, 1.82) is 0 Å². The van der Waals surface area contributed by atoms with Gasteiger partial charge in [0.25, 0.3) is 0 Å². The van der Waals surface area contributed by atoms with Crippen LogP contribution in [0.3, 0.4) is 0 Å². The topological polar surface area (TPSA) is 43.2 Å². The largest absolute Gasteiger partial charge is 2.00 e. The minimum absolute atomic E-state index is 0. The molecule has 55 heavy (non-hydrogen) atoms. The first-order valence-corrected chi connectivity index (χ1v) is 21.5. The van der Waals surface area contributed by atoms with Crippen molar-refractivity contribution in [3.63, 3.8) is 0 Å². The molecule has 0 N–H and O–H groups in total. The van der Waals surface area contributed by atoms with Gasteiger partial charge in [0.1, 0.15) is 13.2 Å². The Hall–Kier alpha value is -2.70. The van der Waals surface area contributed by atoms with Crippen molar-refractivity contribution in [3.05, 3.63) is 183 Å². The molecule has 0 saturated heterocycles. The molecule has 0 aromatic heterocycles. The van der Waals surface area contributed by atoms with Gasteiger partial charge < -0.3 is 9.47 Å². The molecular formula is C48H50N2O2P2Ru+2. The summed E-state index contributed by atoms with van der Waals surface area (Å²) in [6.07, 6.45) is 13.0. The maximum Gasteiger partial charge on any atom is 2.00 e. The Bertz CT molecular complexity index is 1630. The molecule has 4 nitrogen and oxygen atoms in total. The Morgan fingerprint density at radius 1 is 0.455 bits per heavy atom. The summed E-state index contributed by atoms with van der Waals surface area (Å²) < 4.78 is 12.1. The fourth-order valence-corrected chi connectivity index (χ4v) is 11.5. The molecule has 0 unspecified atom stereocenters. The van der Waals surface area contributed by atoms with Gasteiger partial charge in [-0.1, -0.05) is 163 Å². The van der Waals surface area contributed by atoms with Gasteiger partial charge in [-0.25, -0.2) is 9.98 Å². The van der Waals surface area contributed by atoms with Crippen LogP contribution >= 0.6 is 15.8 Å². The third kappa shape index (κ3) is 10.1. The van der Waals surface area contributed by atoms with Crippen molar-refractivity contribution in [2.75, 3.05) is 13.2 Å². The summed E-state index contributed by atoms with van der Waals surface area (Å²) in [5.74, 6) is 3.88. The number of benzene rings is 4. The van der Waals surface area contributed by atoms with Gasteiger partial charge in [0.05, 0.1) is 23.9 Å². The molecule has 2 aliphatic carbocycles. The Kier molecular flexibility index (Phi) is 14.3. The van der Waals surface area contributed by atoms with Crippen LogP contribution in [-0.4, -0.2) is 37.1 Å². The monoisotopic (exact) mass is 850 g/mol. The zero-order chi connectivity index (χ0) is 37.7. The van der Waals surface area contributed by atoms with Crippen molar-refractivity contribution in [2.45, 2.75) is 53.6 Å². The van der Waals surface area contributed by atoms with E-state index < -0.39 is 15.8 Å². The molecular weight excluding hydrogens is 800 g/mol. The molecule has 4 aromatic rings. The summed E-state index contributed by atoms with van der Waals surface area (Å²) in [7, 11) is -1.30. The smallest absolute Gasteiger partial charge is 0.478 e. The van der Waals surface area contributed by atoms with E-state index in [0.29, 0.717) is 13.2 Å². The van der Waals surface area contributed by atoms with E-state index in [1.54, 1.807) is 0 Å². The van der Waals surface area contributed by atoms with Crippen LogP contribution in [0.4, 0.5) is 0 Å². The van der Waals surface area contributed by atoms with Gasteiger partial charge in [-0.3, -0.25) is 0 Å². The van der Waals surface area contributed by atoms with Crippen LogP contribution in [0.5, 0.6) is 0 Å². The SMILES string of the molecule is CC(C)(C)[C@H]1COC([C]2[CH][CH][CH][C]2P(c2ccccc2)c2ccccc2)=N1.CC(C)(C)[C@H]1COC([C]2[CH][CH][CH][C]2P(c2ccccc2)c2ccccc2)=N1.[Ru+2]. The maximum absolute atomic E-state index is 6.06. The predicted octanol–water partition coefficient (Wildman–Crippen LogP) is 9.39. The Morgan fingerprint density at radius 3 is 1.00 bits per heavy atom. The van der Waals surface area contributed by atoms with Gasteiger partial charge in [-0.15, -0.1) is 0 Å². The molecule has 0 amide bonds. The number of aliphatic imine (C=N–C) groups is 2. The number of rotatable bonds is 8. The molecule has 4 aromatic carbocycles. The molecule has 10 radical (unpaired) electrons. The Labute approximate surface area is 346 Å². The molecule has 4 aliphatic rings. The summed E-state index contributed by atoms with van der Waals surface area (Å²) in [4.78, 5) is 9.87. The predicted molar refractivity (Wildman–Crippen MR) is 230 cm³/mol. The molecule has 2 fully saturated rings. The maximum atomic E-state index is 6.06. The first kappa shape index (κ1) is 41.9. The van der Waals surface area contributed by atoms with Crippen LogP contribution in [0.1, 0.15) is 41.5 Å². The summed E-state index contributed by atoms with van der Waals surface area (Å²) in [6, 6.07) is 43.5. The molecule has 2 atom stereocenters. The van der Waals surface area contributed by atoms with Crippen LogP contribution in [0.2, 0.25) is 0 Å². The van der Waals surface area contributed by atoms with E-state index in [1.165, 1.54) is 32.5 Å². The molecule has 280 valence electrons. The average molecular weight is 850 g/mol. The number of ether oxygens (including phenoxy) is 2. The van der Waals surface area contributed by atoms with E-state index in [-0.39, 0.29) is 42.4 Å². The van der Waals surface area contributed by atoms with E-state index in [4.69, 9.17) is 19.5 Å². The molecule has 2 heterocycles. The third-order valence-corrected chi connectivity index (χ3v) is 14.9. The van der Waals surface area contributed by atoms with E-state index in [9.17, 15) is 0 Å². The number of hydrogen-bond donors (Lipinski definition) is 0. The Morgan fingerprint density at radius 2 is 0.745 bits per heavy atom. The van der Waals surface area contributed by atoms with Gasteiger partial charge >= 0.3 is 19.5 Å². The standard InChI is InChI=1S/2C24H25NOP.Ru/c2*1-24(2,3)22-17-26-23(25-22)20-15-10-16-21(20)27(18-11-6-4-7-12-18)19-13-8-5-9-14-19;/h2*4-16,22H,17H2,1-3H3;/q;;+2/t2*22-;/m11./s1. The first-order valence-electron chi connectivity index (χ1n) is 18.8. The number of nitrogens with zero attached hydrogens (tertiary/aromatic N) is 2. The van der Waals surface area contributed by atoms with Gasteiger partial charge in [0.2, 0.25) is 0 Å².